The minimum atomic E-state index is -0.229. The van der Waals surface area contributed by atoms with E-state index < -0.39 is 0 Å². The van der Waals surface area contributed by atoms with E-state index >= 15 is 0 Å². The smallest absolute Gasteiger partial charge is 0.227 e. The van der Waals surface area contributed by atoms with Crippen molar-refractivity contribution in [2.24, 2.45) is 5.41 Å². The minimum Gasteiger partial charge on any atom is -0.493 e. The van der Waals surface area contributed by atoms with Crippen molar-refractivity contribution in [2.45, 2.75) is 40.2 Å². The van der Waals surface area contributed by atoms with Gasteiger partial charge in [0, 0.05) is 6.54 Å². The molecule has 0 saturated heterocycles. The second kappa shape index (κ2) is 10.5. The van der Waals surface area contributed by atoms with Crippen LogP contribution in [0.3, 0.4) is 0 Å². The van der Waals surface area contributed by atoms with Crippen LogP contribution in [0.25, 0.3) is 11.0 Å². The average molecular weight is 438 g/mol. The predicted molar refractivity (Wildman–Crippen MR) is 125 cm³/mol. The number of aliphatic hydroxyl groups excluding tert-OH is 1. The molecule has 0 fully saturated rings. The van der Waals surface area contributed by atoms with Gasteiger partial charge in [-0.15, -0.1) is 0 Å². The molecule has 1 aromatic heterocycles. The van der Waals surface area contributed by atoms with Crippen molar-refractivity contribution in [3.8, 4) is 5.75 Å². The van der Waals surface area contributed by atoms with Crippen LogP contribution in [0.4, 0.5) is 0 Å². The highest BCUT2D eigenvalue weighted by molar-refractivity contribution is 5.84. The molecule has 1 heterocycles. The van der Waals surface area contributed by atoms with E-state index in [-0.39, 0.29) is 42.9 Å². The fraction of sp³-hybridized carbons (Fsp3) is 0.385. The zero-order valence-corrected chi connectivity index (χ0v) is 19.0. The fourth-order valence-corrected chi connectivity index (χ4v) is 3.38. The number of carbonyl (C=O) groups is 1. The molecule has 3 aromatic rings. The summed E-state index contributed by atoms with van der Waals surface area (Å²) in [4.78, 5) is 27.6. The number of benzene rings is 2. The maximum absolute atomic E-state index is 13.3. The molecule has 0 radical (unpaired) electrons. The summed E-state index contributed by atoms with van der Waals surface area (Å²) >= 11 is 0. The Morgan fingerprint density at radius 3 is 2.53 bits per heavy atom. The number of fused-ring (bicyclic) bond motifs is 1. The van der Waals surface area contributed by atoms with E-state index in [0.717, 1.165) is 12.0 Å². The number of hydrogen-bond donors (Lipinski definition) is 1. The van der Waals surface area contributed by atoms with Gasteiger partial charge in [0.05, 0.1) is 38.0 Å². The summed E-state index contributed by atoms with van der Waals surface area (Å²) in [6.45, 7) is 6.88. The van der Waals surface area contributed by atoms with E-state index in [1.807, 2.05) is 30.3 Å². The van der Waals surface area contributed by atoms with Gasteiger partial charge in [0.25, 0.3) is 0 Å². The van der Waals surface area contributed by atoms with Crippen molar-refractivity contribution in [2.75, 3.05) is 19.8 Å². The number of carbonyl (C=O) groups excluding carboxylic acids is 1. The zero-order chi connectivity index (χ0) is 23.1. The summed E-state index contributed by atoms with van der Waals surface area (Å²) in [5.41, 5.74) is 1.55. The second-order valence-corrected chi connectivity index (χ2v) is 9.08. The van der Waals surface area contributed by atoms with Gasteiger partial charge in [-0.1, -0.05) is 57.2 Å². The molecule has 0 aliphatic rings. The second-order valence-electron chi connectivity index (χ2n) is 9.08. The Morgan fingerprint density at radius 2 is 1.84 bits per heavy atom. The molecule has 170 valence electrons. The fourth-order valence-electron chi connectivity index (χ4n) is 3.38. The normalized spacial score (nSPS) is 11.5. The zero-order valence-electron chi connectivity index (χ0n) is 19.0. The first kappa shape index (κ1) is 23.5. The summed E-state index contributed by atoms with van der Waals surface area (Å²) in [7, 11) is 0. The standard InChI is InChI=1S/C26H31NO5/c1-26(2,3)12-15-31-21-10-7-11-22-24(21)25(30)20(18-32-22)17-27(13-14-28)23(29)16-19-8-5-4-6-9-19/h4-11,18,28H,12-17H2,1-3H3. The quantitative estimate of drug-likeness (QED) is 0.543. The van der Waals surface area contributed by atoms with Gasteiger partial charge < -0.3 is 19.2 Å². The summed E-state index contributed by atoms with van der Waals surface area (Å²) in [5.74, 6) is 0.311. The van der Waals surface area contributed by atoms with Crippen LogP contribution in [0.5, 0.6) is 5.75 Å². The third-order valence-electron chi connectivity index (χ3n) is 5.23. The molecule has 0 saturated carbocycles. The van der Waals surface area contributed by atoms with Gasteiger partial charge in [0.1, 0.15) is 16.7 Å². The summed E-state index contributed by atoms with van der Waals surface area (Å²) in [5, 5.41) is 9.84. The van der Waals surface area contributed by atoms with Gasteiger partial charge in [-0.05, 0) is 29.5 Å². The van der Waals surface area contributed by atoms with Crippen molar-refractivity contribution in [3.63, 3.8) is 0 Å². The molecule has 1 N–H and O–H groups in total. The first-order valence-electron chi connectivity index (χ1n) is 10.9. The number of amides is 1. The highest BCUT2D eigenvalue weighted by Gasteiger charge is 2.19. The molecule has 6 heteroatoms. The van der Waals surface area contributed by atoms with E-state index in [9.17, 15) is 14.7 Å². The Kier molecular flexibility index (Phi) is 7.70. The van der Waals surface area contributed by atoms with Crippen molar-refractivity contribution in [3.05, 3.63) is 76.1 Å². The van der Waals surface area contributed by atoms with Crippen LogP contribution in [0, 0.1) is 5.41 Å². The highest BCUT2D eigenvalue weighted by Crippen LogP contribution is 2.25. The minimum absolute atomic E-state index is 0.0564. The molecule has 0 aliphatic heterocycles. The molecule has 0 bridgehead atoms. The largest absolute Gasteiger partial charge is 0.493 e. The van der Waals surface area contributed by atoms with E-state index in [1.165, 1.54) is 11.2 Å². The van der Waals surface area contributed by atoms with Crippen LogP contribution in [-0.4, -0.2) is 35.7 Å². The van der Waals surface area contributed by atoms with Crippen molar-refractivity contribution < 1.29 is 19.1 Å². The summed E-state index contributed by atoms with van der Waals surface area (Å²) in [6, 6.07) is 14.7. The van der Waals surface area contributed by atoms with E-state index in [0.29, 0.717) is 28.9 Å². The van der Waals surface area contributed by atoms with Crippen LogP contribution in [-0.2, 0) is 17.8 Å². The number of hydrogen-bond acceptors (Lipinski definition) is 5. The molecule has 6 nitrogen and oxygen atoms in total. The first-order valence-corrected chi connectivity index (χ1v) is 10.9. The van der Waals surface area contributed by atoms with Gasteiger partial charge in [-0.25, -0.2) is 0 Å². The van der Waals surface area contributed by atoms with Crippen LogP contribution in [0.2, 0.25) is 0 Å². The SMILES string of the molecule is CC(C)(C)CCOc1cccc2occ(CN(CCO)C(=O)Cc3ccccc3)c(=O)c12. The third kappa shape index (κ3) is 6.20. The van der Waals surface area contributed by atoms with Gasteiger partial charge in [-0.2, -0.15) is 0 Å². The molecule has 0 atom stereocenters. The maximum atomic E-state index is 13.3. The van der Waals surface area contributed by atoms with E-state index in [4.69, 9.17) is 9.15 Å². The van der Waals surface area contributed by atoms with Crippen LogP contribution in [0.1, 0.15) is 38.3 Å². The van der Waals surface area contributed by atoms with Crippen molar-refractivity contribution >= 4 is 16.9 Å². The molecular weight excluding hydrogens is 406 g/mol. The molecule has 2 aromatic carbocycles. The molecular formula is C26H31NO5. The summed E-state index contributed by atoms with van der Waals surface area (Å²) < 4.78 is 11.6. The van der Waals surface area contributed by atoms with Gasteiger partial charge in [0.2, 0.25) is 11.3 Å². The van der Waals surface area contributed by atoms with E-state index in [1.54, 1.807) is 18.2 Å². The maximum Gasteiger partial charge on any atom is 0.227 e. The molecule has 0 aliphatic carbocycles. The van der Waals surface area contributed by atoms with Gasteiger partial charge in [-0.3, -0.25) is 9.59 Å². The Labute approximate surface area is 188 Å². The van der Waals surface area contributed by atoms with Crippen LogP contribution in [0.15, 0.2) is 64.0 Å². The lowest BCUT2D eigenvalue weighted by atomic mass is 9.93. The monoisotopic (exact) mass is 437 g/mol. The Hall–Kier alpha value is -3.12. The molecule has 32 heavy (non-hydrogen) atoms. The average Bonchev–Trinajstić information content (AvgIpc) is 2.75. The Bertz CT molecular complexity index is 1100. The highest BCUT2D eigenvalue weighted by atomic mass is 16.5. The topological polar surface area (TPSA) is 80.0 Å². The first-order chi connectivity index (χ1) is 15.3. The van der Waals surface area contributed by atoms with Crippen molar-refractivity contribution in [1.82, 2.24) is 4.90 Å². The van der Waals surface area contributed by atoms with Crippen molar-refractivity contribution in [1.29, 1.82) is 0 Å². The Balaban J connectivity index is 1.85. The molecule has 0 spiro atoms. The van der Waals surface area contributed by atoms with Gasteiger partial charge in [0.15, 0.2) is 0 Å². The van der Waals surface area contributed by atoms with Gasteiger partial charge >= 0.3 is 0 Å². The lowest BCUT2D eigenvalue weighted by molar-refractivity contribution is -0.131. The number of ether oxygens (including phenoxy) is 1. The number of nitrogens with zero attached hydrogens (tertiary/aromatic N) is 1. The lowest BCUT2D eigenvalue weighted by Crippen LogP contribution is -2.35. The number of aliphatic hydroxyl groups is 1. The predicted octanol–water partition coefficient (Wildman–Crippen LogP) is 4.17. The molecule has 0 unspecified atom stereocenters. The Morgan fingerprint density at radius 1 is 1.09 bits per heavy atom. The third-order valence-corrected chi connectivity index (χ3v) is 5.23. The van der Waals surface area contributed by atoms with Crippen LogP contribution < -0.4 is 10.2 Å². The molecule has 1 amide bonds. The van der Waals surface area contributed by atoms with E-state index in [2.05, 4.69) is 20.8 Å². The summed E-state index contributed by atoms with van der Waals surface area (Å²) in [6.07, 6.45) is 2.43. The molecule has 3 rings (SSSR count). The lowest BCUT2D eigenvalue weighted by Gasteiger charge is -2.22. The number of rotatable bonds is 9. The van der Waals surface area contributed by atoms with Crippen LogP contribution >= 0.6 is 0 Å².